The molecule has 108 valence electrons. The maximum atomic E-state index is 12.3. The molecule has 1 amide bonds. The van der Waals surface area contributed by atoms with Gasteiger partial charge in [-0.05, 0) is 23.8 Å². The summed E-state index contributed by atoms with van der Waals surface area (Å²) in [6.45, 7) is 1.38. The molecule has 0 saturated heterocycles. The van der Waals surface area contributed by atoms with Crippen molar-refractivity contribution >= 4 is 23.4 Å². The molecule has 0 saturated carbocycles. The molecule has 21 heavy (non-hydrogen) atoms. The summed E-state index contributed by atoms with van der Waals surface area (Å²) < 4.78 is 0. The van der Waals surface area contributed by atoms with E-state index in [0.29, 0.717) is 13.1 Å². The molecule has 0 spiro atoms. The van der Waals surface area contributed by atoms with Crippen molar-refractivity contribution in [2.24, 2.45) is 0 Å². The maximum absolute atomic E-state index is 12.3. The van der Waals surface area contributed by atoms with E-state index in [1.54, 1.807) is 11.8 Å². The Morgan fingerprint density at radius 1 is 1.14 bits per heavy atom. The molecule has 0 aliphatic carbocycles. The van der Waals surface area contributed by atoms with E-state index < -0.39 is 0 Å². The van der Waals surface area contributed by atoms with Crippen molar-refractivity contribution in [3.8, 4) is 0 Å². The fourth-order valence-electron chi connectivity index (χ4n) is 2.50. The first-order valence-corrected chi connectivity index (χ1v) is 8.11. The number of rotatable bonds is 5. The first kappa shape index (κ1) is 14.0. The van der Waals surface area contributed by atoms with Gasteiger partial charge in [0, 0.05) is 29.4 Å². The van der Waals surface area contributed by atoms with Gasteiger partial charge in [0.2, 0.25) is 5.91 Å². The lowest BCUT2D eigenvalue weighted by molar-refractivity contribution is -0.122. The Bertz CT molecular complexity index is 615. The van der Waals surface area contributed by atoms with Crippen LogP contribution in [0.4, 0.5) is 5.69 Å². The van der Waals surface area contributed by atoms with Crippen LogP contribution in [0.15, 0.2) is 59.5 Å². The Morgan fingerprint density at radius 2 is 1.90 bits per heavy atom. The highest BCUT2D eigenvalue weighted by atomic mass is 32.2. The lowest BCUT2D eigenvalue weighted by Crippen LogP contribution is -2.31. The van der Waals surface area contributed by atoms with Crippen molar-refractivity contribution in [2.75, 3.05) is 24.2 Å². The van der Waals surface area contributed by atoms with Crippen LogP contribution >= 0.6 is 11.8 Å². The van der Waals surface area contributed by atoms with Gasteiger partial charge in [0.1, 0.15) is 0 Å². The third-order valence-corrected chi connectivity index (χ3v) is 4.58. The number of para-hydroxylation sites is 1. The molecule has 1 atom stereocenters. The highest BCUT2D eigenvalue weighted by Crippen LogP contribution is 2.30. The van der Waals surface area contributed by atoms with E-state index in [-0.39, 0.29) is 11.8 Å². The fraction of sp³-hybridized carbons (Fsp3) is 0.235. The second kappa shape index (κ2) is 6.68. The van der Waals surface area contributed by atoms with Crippen molar-refractivity contribution in [3.05, 3.63) is 60.2 Å². The molecule has 2 N–H and O–H groups in total. The number of fused-ring (bicyclic) bond motifs is 1. The molecular weight excluding hydrogens is 280 g/mol. The number of hydrogen-bond donors (Lipinski definition) is 2. The van der Waals surface area contributed by atoms with Gasteiger partial charge in [0.05, 0.1) is 5.92 Å². The number of hydrogen-bond acceptors (Lipinski definition) is 3. The quantitative estimate of drug-likeness (QED) is 0.658. The molecule has 1 aliphatic rings. The zero-order chi connectivity index (χ0) is 14.5. The summed E-state index contributed by atoms with van der Waals surface area (Å²) in [5.74, 6) is 0.932. The standard InChI is InChI=1S/C17H18N2OS/c20-17(15-12-19-16-9-5-4-8-14(15)16)18-10-11-21-13-6-2-1-3-7-13/h1-9,15,19H,10-12H2,(H,18,20). The maximum Gasteiger partial charge on any atom is 0.229 e. The normalized spacial score (nSPS) is 16.1. The minimum Gasteiger partial charge on any atom is -0.384 e. The molecule has 0 radical (unpaired) electrons. The van der Waals surface area contributed by atoms with E-state index in [2.05, 4.69) is 22.8 Å². The monoisotopic (exact) mass is 298 g/mol. The molecular formula is C17H18N2OS. The van der Waals surface area contributed by atoms with E-state index >= 15 is 0 Å². The topological polar surface area (TPSA) is 41.1 Å². The van der Waals surface area contributed by atoms with Gasteiger partial charge in [-0.2, -0.15) is 0 Å². The molecule has 3 nitrogen and oxygen atoms in total. The van der Waals surface area contributed by atoms with E-state index in [4.69, 9.17) is 0 Å². The fourth-order valence-corrected chi connectivity index (χ4v) is 3.29. The van der Waals surface area contributed by atoms with Crippen LogP contribution in [0.5, 0.6) is 0 Å². The largest absolute Gasteiger partial charge is 0.384 e. The summed E-state index contributed by atoms with van der Waals surface area (Å²) in [6, 6.07) is 18.3. The lowest BCUT2D eigenvalue weighted by Gasteiger charge is -2.11. The van der Waals surface area contributed by atoms with Gasteiger partial charge in [0.15, 0.2) is 0 Å². The SMILES string of the molecule is O=C(NCCSc1ccccc1)C1CNc2ccccc21. The molecule has 0 fully saturated rings. The minimum absolute atomic E-state index is 0.0667. The summed E-state index contributed by atoms with van der Waals surface area (Å²) in [5, 5.41) is 6.32. The molecule has 2 aromatic rings. The Morgan fingerprint density at radius 3 is 2.76 bits per heavy atom. The number of carbonyl (C=O) groups is 1. The van der Waals surface area contributed by atoms with Crippen LogP contribution in [0.3, 0.4) is 0 Å². The Balaban J connectivity index is 1.47. The Hall–Kier alpha value is -1.94. The highest BCUT2D eigenvalue weighted by Gasteiger charge is 2.27. The average Bonchev–Trinajstić information content (AvgIpc) is 2.96. The molecule has 4 heteroatoms. The Kier molecular flexibility index (Phi) is 4.46. The van der Waals surface area contributed by atoms with Crippen LogP contribution in [0, 0.1) is 0 Å². The molecule has 1 heterocycles. The van der Waals surface area contributed by atoms with Crippen molar-refractivity contribution in [1.82, 2.24) is 5.32 Å². The smallest absolute Gasteiger partial charge is 0.229 e. The summed E-state index contributed by atoms with van der Waals surface area (Å²) in [5.41, 5.74) is 2.18. The van der Waals surface area contributed by atoms with Gasteiger partial charge in [-0.25, -0.2) is 0 Å². The van der Waals surface area contributed by atoms with Gasteiger partial charge in [-0.15, -0.1) is 11.8 Å². The van der Waals surface area contributed by atoms with Crippen molar-refractivity contribution in [3.63, 3.8) is 0 Å². The van der Waals surface area contributed by atoms with Crippen LogP contribution in [0.2, 0.25) is 0 Å². The summed E-state index contributed by atoms with van der Waals surface area (Å²) in [4.78, 5) is 13.5. The van der Waals surface area contributed by atoms with Gasteiger partial charge < -0.3 is 10.6 Å². The summed E-state index contributed by atoms with van der Waals surface area (Å²) >= 11 is 1.76. The number of amides is 1. The average molecular weight is 298 g/mol. The van der Waals surface area contributed by atoms with Gasteiger partial charge in [-0.1, -0.05) is 36.4 Å². The number of nitrogens with one attached hydrogen (secondary N) is 2. The van der Waals surface area contributed by atoms with Crippen LogP contribution in [0.25, 0.3) is 0 Å². The first-order chi connectivity index (χ1) is 10.3. The van der Waals surface area contributed by atoms with Crippen LogP contribution in [-0.2, 0) is 4.79 Å². The third kappa shape index (κ3) is 3.39. The van der Waals surface area contributed by atoms with Gasteiger partial charge in [-0.3, -0.25) is 4.79 Å². The molecule has 0 bridgehead atoms. The van der Waals surface area contributed by atoms with E-state index in [9.17, 15) is 4.79 Å². The third-order valence-electron chi connectivity index (χ3n) is 3.56. The zero-order valence-corrected chi connectivity index (χ0v) is 12.5. The van der Waals surface area contributed by atoms with Crippen molar-refractivity contribution in [1.29, 1.82) is 0 Å². The second-order valence-corrected chi connectivity index (χ2v) is 6.14. The number of anilines is 1. The van der Waals surface area contributed by atoms with Crippen LogP contribution in [0.1, 0.15) is 11.5 Å². The van der Waals surface area contributed by atoms with E-state index in [1.807, 2.05) is 42.5 Å². The zero-order valence-electron chi connectivity index (χ0n) is 11.7. The van der Waals surface area contributed by atoms with Crippen molar-refractivity contribution in [2.45, 2.75) is 10.8 Å². The number of carbonyl (C=O) groups excluding carboxylic acids is 1. The molecule has 2 aromatic carbocycles. The lowest BCUT2D eigenvalue weighted by atomic mass is 10.0. The van der Waals surface area contributed by atoms with E-state index in [1.165, 1.54) is 4.90 Å². The van der Waals surface area contributed by atoms with Crippen LogP contribution in [-0.4, -0.2) is 24.7 Å². The van der Waals surface area contributed by atoms with Crippen LogP contribution < -0.4 is 10.6 Å². The summed E-state index contributed by atoms with van der Waals surface area (Å²) in [6.07, 6.45) is 0. The highest BCUT2D eigenvalue weighted by molar-refractivity contribution is 7.99. The predicted octanol–water partition coefficient (Wildman–Crippen LogP) is 3.10. The van der Waals surface area contributed by atoms with Gasteiger partial charge in [0.25, 0.3) is 0 Å². The summed E-state index contributed by atoms with van der Waals surface area (Å²) in [7, 11) is 0. The minimum atomic E-state index is -0.0667. The number of thioether (sulfide) groups is 1. The molecule has 0 aromatic heterocycles. The van der Waals surface area contributed by atoms with Crippen molar-refractivity contribution < 1.29 is 4.79 Å². The second-order valence-electron chi connectivity index (χ2n) is 4.97. The molecule has 3 rings (SSSR count). The first-order valence-electron chi connectivity index (χ1n) is 7.13. The predicted molar refractivity (Wildman–Crippen MR) is 87.8 cm³/mol. The van der Waals surface area contributed by atoms with E-state index in [0.717, 1.165) is 17.0 Å². The number of benzene rings is 2. The molecule has 1 unspecified atom stereocenters. The van der Waals surface area contributed by atoms with Gasteiger partial charge >= 0.3 is 0 Å². The Labute approximate surface area is 129 Å². The molecule has 1 aliphatic heterocycles.